The van der Waals surface area contributed by atoms with E-state index in [2.05, 4.69) is 51.3 Å². The fraction of sp³-hybridized carbons (Fsp3) is 0.346. The van der Waals surface area contributed by atoms with Crippen molar-refractivity contribution in [3.63, 3.8) is 0 Å². The number of hydrogen-bond acceptors (Lipinski definition) is 3. The van der Waals surface area contributed by atoms with Crippen LogP contribution in [0.4, 0.5) is 11.4 Å². The second-order valence-electron chi connectivity index (χ2n) is 9.87. The maximum atomic E-state index is 11.3. The van der Waals surface area contributed by atoms with Crippen LogP contribution in [0.1, 0.15) is 47.1 Å². The van der Waals surface area contributed by atoms with Crippen molar-refractivity contribution in [2.75, 3.05) is 10.2 Å². The van der Waals surface area contributed by atoms with E-state index in [4.69, 9.17) is 40.4 Å². The Bertz CT molecular complexity index is 1150. The average molecular weight is 518 g/mol. The Morgan fingerprint density at radius 1 is 1.18 bits per heavy atom. The lowest BCUT2D eigenvalue weighted by atomic mass is 9.86. The number of carbonyl (C=O) groups excluding carboxylic acids is 1. The smallest absolute Gasteiger partial charge is 0.221 e. The molecule has 1 fully saturated rings. The van der Waals surface area contributed by atoms with Gasteiger partial charge in [-0.15, -0.1) is 0 Å². The number of benzene rings is 2. The van der Waals surface area contributed by atoms with Gasteiger partial charge in [0, 0.05) is 28.3 Å². The normalized spacial score (nSPS) is 17.8. The van der Waals surface area contributed by atoms with Gasteiger partial charge in [-0.2, -0.15) is 0 Å². The van der Waals surface area contributed by atoms with Gasteiger partial charge in [-0.3, -0.25) is 9.79 Å². The first-order chi connectivity index (χ1) is 15.8. The van der Waals surface area contributed by atoms with E-state index in [1.165, 1.54) is 6.92 Å². The van der Waals surface area contributed by atoms with Gasteiger partial charge >= 0.3 is 0 Å². The molecule has 5 nitrogen and oxygen atoms in total. The number of aliphatic imine (C=N–C) groups is 1. The molecule has 1 amide bonds. The van der Waals surface area contributed by atoms with Crippen molar-refractivity contribution in [3.8, 4) is 0 Å². The quantitative estimate of drug-likeness (QED) is 0.422. The van der Waals surface area contributed by atoms with Crippen LogP contribution in [0, 0.1) is 5.41 Å². The summed E-state index contributed by atoms with van der Waals surface area (Å²) in [5.74, 6) is 0.678. The van der Waals surface area contributed by atoms with E-state index in [1.807, 2.05) is 47.4 Å². The molecule has 2 N–H and O–H groups in total. The van der Waals surface area contributed by atoms with Crippen molar-refractivity contribution >= 4 is 69.7 Å². The number of hydrogen-bond donors (Lipinski definition) is 2. The first-order valence-corrected chi connectivity index (χ1v) is 12.2. The van der Waals surface area contributed by atoms with Crippen molar-refractivity contribution in [1.82, 2.24) is 5.32 Å². The summed E-state index contributed by atoms with van der Waals surface area (Å²) in [6.45, 7) is 12.1. The van der Waals surface area contributed by atoms with Crippen LogP contribution in [0.2, 0.25) is 10.0 Å². The van der Waals surface area contributed by atoms with E-state index < -0.39 is 5.54 Å². The van der Waals surface area contributed by atoms with E-state index >= 15 is 0 Å². The average Bonchev–Trinajstić information content (AvgIpc) is 2.93. The zero-order chi connectivity index (χ0) is 25.3. The molecular formula is C26H30Cl2N4OS. The standard InChI is InChI=1S/C26H30Cl2N4OS/c1-16(33)29-19-10-12-20(13-11-19)32-24(34)31-23(26(32,5)6)30-22(25(2,3)4)14-8-17-7-9-18(27)15-21(17)28/h7-15,22H,1-6H3,(H,29,33)(H,30,31,34)/b14-8-/t22-/m1/s1. The SMILES string of the molecule is CC(=O)Nc1ccc(N2C(=S)NC(=N[C@H](/C=C\c3ccc(Cl)cc3Cl)C(C)(C)C)C2(C)C)cc1. The van der Waals surface area contributed by atoms with Gasteiger partial charge in [0.25, 0.3) is 0 Å². The number of anilines is 2. The second kappa shape index (κ2) is 10.1. The molecule has 1 saturated heterocycles. The minimum atomic E-state index is -0.498. The predicted molar refractivity (Wildman–Crippen MR) is 149 cm³/mol. The Kier molecular flexibility index (Phi) is 7.75. The Morgan fingerprint density at radius 3 is 2.38 bits per heavy atom. The van der Waals surface area contributed by atoms with Crippen LogP contribution in [0.15, 0.2) is 53.5 Å². The molecule has 8 heteroatoms. The second-order valence-corrected chi connectivity index (χ2v) is 11.1. The van der Waals surface area contributed by atoms with Crippen LogP contribution in [-0.4, -0.2) is 28.4 Å². The number of amides is 1. The van der Waals surface area contributed by atoms with Crippen LogP contribution >= 0.6 is 35.4 Å². The minimum Gasteiger partial charge on any atom is -0.326 e. The molecule has 1 atom stereocenters. The molecule has 34 heavy (non-hydrogen) atoms. The van der Waals surface area contributed by atoms with Gasteiger partial charge in [0.15, 0.2) is 5.11 Å². The Hall–Kier alpha value is -2.41. The van der Waals surface area contributed by atoms with Gasteiger partial charge in [-0.05, 0) is 73.4 Å². The van der Waals surface area contributed by atoms with Crippen LogP contribution < -0.4 is 15.5 Å². The van der Waals surface area contributed by atoms with E-state index in [0.717, 1.165) is 22.8 Å². The summed E-state index contributed by atoms with van der Waals surface area (Å²) in [6, 6.07) is 12.9. The number of thiocarbonyl (C=S) groups is 1. The summed E-state index contributed by atoms with van der Waals surface area (Å²) in [5, 5.41) is 7.88. The van der Waals surface area contributed by atoms with Crippen molar-refractivity contribution < 1.29 is 4.79 Å². The molecule has 0 aromatic heterocycles. The molecule has 0 unspecified atom stereocenters. The summed E-state index contributed by atoms with van der Waals surface area (Å²) < 4.78 is 0. The molecule has 3 rings (SSSR count). The molecule has 2 aromatic rings. The highest BCUT2D eigenvalue weighted by atomic mass is 35.5. The van der Waals surface area contributed by atoms with Crippen molar-refractivity contribution in [2.45, 2.75) is 53.1 Å². The molecule has 1 aliphatic heterocycles. The highest BCUT2D eigenvalue weighted by Crippen LogP contribution is 2.33. The van der Waals surface area contributed by atoms with Crippen LogP contribution in [-0.2, 0) is 4.79 Å². The number of amidine groups is 1. The number of nitrogens with zero attached hydrogens (tertiary/aromatic N) is 2. The Balaban J connectivity index is 1.92. The monoisotopic (exact) mass is 516 g/mol. The third kappa shape index (κ3) is 5.98. The van der Waals surface area contributed by atoms with E-state index in [9.17, 15) is 4.79 Å². The molecule has 1 aliphatic rings. The van der Waals surface area contributed by atoms with Crippen molar-refractivity contribution in [3.05, 3.63) is 64.1 Å². The van der Waals surface area contributed by atoms with Gasteiger partial charge in [-0.25, -0.2) is 0 Å². The lowest BCUT2D eigenvalue weighted by molar-refractivity contribution is -0.114. The van der Waals surface area contributed by atoms with Crippen LogP contribution in [0.5, 0.6) is 0 Å². The maximum Gasteiger partial charge on any atom is 0.221 e. The highest BCUT2D eigenvalue weighted by molar-refractivity contribution is 7.80. The number of nitrogens with one attached hydrogen (secondary N) is 2. The highest BCUT2D eigenvalue weighted by Gasteiger charge is 2.43. The largest absolute Gasteiger partial charge is 0.326 e. The zero-order valence-corrected chi connectivity index (χ0v) is 22.6. The molecule has 0 radical (unpaired) electrons. The molecule has 2 aromatic carbocycles. The summed E-state index contributed by atoms with van der Waals surface area (Å²) in [7, 11) is 0. The van der Waals surface area contributed by atoms with Gasteiger partial charge in [0.2, 0.25) is 5.91 Å². The first kappa shape index (κ1) is 26.2. The summed E-state index contributed by atoms with van der Waals surface area (Å²) in [5.41, 5.74) is 1.89. The number of halogens is 2. The molecule has 0 aliphatic carbocycles. The topological polar surface area (TPSA) is 56.7 Å². The molecule has 1 heterocycles. The molecule has 0 bridgehead atoms. The van der Waals surface area contributed by atoms with Gasteiger partial charge in [0.1, 0.15) is 5.84 Å². The fourth-order valence-corrected chi connectivity index (χ4v) is 4.59. The lowest BCUT2D eigenvalue weighted by Crippen LogP contribution is -2.45. The third-order valence-corrected chi connectivity index (χ3v) is 6.44. The van der Waals surface area contributed by atoms with E-state index in [0.29, 0.717) is 15.2 Å². The van der Waals surface area contributed by atoms with Crippen molar-refractivity contribution in [1.29, 1.82) is 0 Å². The van der Waals surface area contributed by atoms with Gasteiger partial charge < -0.3 is 15.5 Å². The van der Waals surface area contributed by atoms with Gasteiger partial charge in [-0.1, -0.05) is 62.2 Å². The Morgan fingerprint density at radius 2 is 1.82 bits per heavy atom. The van der Waals surface area contributed by atoms with Crippen molar-refractivity contribution in [2.24, 2.45) is 10.4 Å². The number of carbonyl (C=O) groups is 1. The third-order valence-electron chi connectivity index (χ3n) is 5.59. The summed E-state index contributed by atoms with van der Waals surface area (Å²) in [6.07, 6.45) is 4.05. The lowest BCUT2D eigenvalue weighted by Gasteiger charge is -2.32. The minimum absolute atomic E-state index is 0.109. The molecule has 0 spiro atoms. The van der Waals surface area contributed by atoms with Gasteiger partial charge in [0.05, 0.1) is 11.6 Å². The number of rotatable bonds is 5. The maximum absolute atomic E-state index is 11.3. The zero-order valence-electron chi connectivity index (χ0n) is 20.2. The van der Waals surface area contributed by atoms with Crippen LogP contribution in [0.25, 0.3) is 6.08 Å². The Labute approximate surface area is 217 Å². The van der Waals surface area contributed by atoms with E-state index in [-0.39, 0.29) is 17.4 Å². The van der Waals surface area contributed by atoms with E-state index in [1.54, 1.807) is 6.07 Å². The summed E-state index contributed by atoms with van der Waals surface area (Å²) in [4.78, 5) is 18.5. The molecule has 180 valence electrons. The van der Waals surface area contributed by atoms with Crippen LogP contribution in [0.3, 0.4) is 0 Å². The molecular weight excluding hydrogens is 487 g/mol. The summed E-state index contributed by atoms with van der Waals surface area (Å²) >= 11 is 18.1. The first-order valence-electron chi connectivity index (χ1n) is 11.0. The predicted octanol–water partition coefficient (Wildman–Crippen LogP) is 6.95. The fourth-order valence-electron chi connectivity index (χ4n) is 3.69. The molecule has 0 saturated carbocycles.